The minimum atomic E-state index is 0.526. The summed E-state index contributed by atoms with van der Waals surface area (Å²) in [6, 6.07) is 70.6. The first-order valence-electron chi connectivity index (χ1n) is 19.9. The van der Waals surface area contributed by atoms with Crippen molar-refractivity contribution in [2.45, 2.75) is 6.92 Å². The molecule has 10 aromatic rings. The Bertz CT molecular complexity index is 3210. The maximum atomic E-state index is 10.7. The fraction of sp³-hybridized carbons (Fsp3) is 0.0182. The summed E-state index contributed by atoms with van der Waals surface area (Å²) < 4.78 is 2.30. The van der Waals surface area contributed by atoms with E-state index in [0.29, 0.717) is 17.0 Å². The van der Waals surface area contributed by atoms with Crippen LogP contribution in [-0.2, 0) is 0 Å². The van der Waals surface area contributed by atoms with E-state index in [9.17, 15) is 10.5 Å². The molecule has 0 fully saturated rings. The van der Waals surface area contributed by atoms with Crippen LogP contribution in [0.1, 0.15) is 16.7 Å². The van der Waals surface area contributed by atoms with Crippen molar-refractivity contribution in [3.05, 3.63) is 211 Å². The molecule has 0 atom stereocenters. The average molecular weight is 766 g/mol. The van der Waals surface area contributed by atoms with Gasteiger partial charge < -0.3 is 4.57 Å². The number of fused-ring (bicyclic) bond motifs is 3. The maximum Gasteiger partial charge on any atom is 0.160 e. The largest absolute Gasteiger partial charge is 0.308 e. The van der Waals surface area contributed by atoms with E-state index in [-0.39, 0.29) is 0 Å². The smallest absolute Gasteiger partial charge is 0.160 e. The van der Waals surface area contributed by atoms with Crippen LogP contribution in [0.2, 0.25) is 0 Å². The SMILES string of the molecule is Cc1cccc(-c2ccc3c(c2)c2ccccc2n3-c2c(-c3ccccc3C#N)cc(-c3nc(-c4ccccc4)cc(-c4ccccc4)n3)cc2-c2ccccc2C#N)c1. The number of nitrogens with zero attached hydrogens (tertiary/aromatic N) is 5. The van der Waals surface area contributed by atoms with E-state index in [1.54, 1.807) is 0 Å². The van der Waals surface area contributed by atoms with Gasteiger partial charge in [0.05, 0.1) is 51.4 Å². The molecule has 0 unspecified atom stereocenters. The molecule has 2 aromatic heterocycles. The quantitative estimate of drug-likeness (QED) is 0.162. The van der Waals surface area contributed by atoms with E-state index < -0.39 is 0 Å². The minimum Gasteiger partial charge on any atom is -0.308 e. The summed E-state index contributed by atoms with van der Waals surface area (Å²) in [5, 5.41) is 23.5. The molecular formula is C55H35N5. The van der Waals surface area contributed by atoms with Gasteiger partial charge in [0.25, 0.3) is 0 Å². The molecule has 0 bridgehead atoms. The van der Waals surface area contributed by atoms with Gasteiger partial charge in [-0.2, -0.15) is 10.5 Å². The molecule has 280 valence electrons. The monoisotopic (exact) mass is 765 g/mol. The molecule has 0 aliphatic carbocycles. The summed E-state index contributed by atoms with van der Waals surface area (Å²) >= 11 is 0. The summed E-state index contributed by atoms with van der Waals surface area (Å²) in [5.74, 6) is 0.526. The van der Waals surface area contributed by atoms with Crippen molar-refractivity contribution in [1.29, 1.82) is 10.5 Å². The highest BCUT2D eigenvalue weighted by molar-refractivity contribution is 6.12. The molecule has 0 aliphatic rings. The lowest BCUT2D eigenvalue weighted by Crippen LogP contribution is -2.04. The van der Waals surface area contributed by atoms with Crippen LogP contribution >= 0.6 is 0 Å². The number of hydrogen-bond donors (Lipinski definition) is 0. The fourth-order valence-corrected chi connectivity index (χ4v) is 8.35. The van der Waals surface area contributed by atoms with Crippen molar-refractivity contribution in [3.8, 4) is 85.1 Å². The van der Waals surface area contributed by atoms with Crippen LogP contribution in [0.15, 0.2) is 194 Å². The standard InChI is InChI=1S/C55H35N5/c1-36-15-14-22-39(29-36)40-27-28-53-47(30-40)46-25-12-13-26-52(46)60(53)54-48(44-23-10-8-20-41(44)34-56)31-43(32-49(54)45-24-11-9-21-42(45)35-57)55-58-50(37-16-4-2-5-17-37)33-51(59-55)38-18-6-3-7-19-38/h2-33H,1H3. The Hall–Kier alpha value is -8.38. The van der Waals surface area contributed by atoms with Crippen LogP contribution in [0.4, 0.5) is 0 Å². The van der Waals surface area contributed by atoms with Crippen molar-refractivity contribution in [2.75, 3.05) is 0 Å². The van der Waals surface area contributed by atoms with Gasteiger partial charge in [-0.1, -0.05) is 151 Å². The van der Waals surface area contributed by atoms with Crippen LogP contribution in [0.3, 0.4) is 0 Å². The molecule has 60 heavy (non-hydrogen) atoms. The Morgan fingerprint density at radius 2 is 0.917 bits per heavy atom. The maximum absolute atomic E-state index is 10.7. The number of hydrogen-bond acceptors (Lipinski definition) is 4. The van der Waals surface area contributed by atoms with Gasteiger partial charge in [0.15, 0.2) is 5.82 Å². The predicted octanol–water partition coefficient (Wildman–Crippen LogP) is 13.6. The predicted molar refractivity (Wildman–Crippen MR) is 243 cm³/mol. The Morgan fingerprint density at radius 1 is 0.400 bits per heavy atom. The molecule has 0 amide bonds. The average Bonchev–Trinajstić information content (AvgIpc) is 3.64. The molecule has 0 saturated heterocycles. The summed E-state index contributed by atoms with van der Waals surface area (Å²) in [6.45, 7) is 2.12. The molecule has 0 radical (unpaired) electrons. The highest BCUT2D eigenvalue weighted by Gasteiger charge is 2.25. The number of aryl methyl sites for hydroxylation is 1. The molecule has 8 aromatic carbocycles. The van der Waals surface area contributed by atoms with Crippen LogP contribution in [0.25, 0.3) is 94.8 Å². The zero-order valence-electron chi connectivity index (χ0n) is 32.7. The van der Waals surface area contributed by atoms with Crippen LogP contribution in [-0.4, -0.2) is 14.5 Å². The van der Waals surface area contributed by atoms with Gasteiger partial charge in [0.1, 0.15) is 0 Å². The van der Waals surface area contributed by atoms with Gasteiger partial charge in [0, 0.05) is 49.7 Å². The van der Waals surface area contributed by atoms with E-state index in [1.165, 1.54) is 5.56 Å². The third-order valence-electron chi connectivity index (χ3n) is 11.2. The topological polar surface area (TPSA) is 78.3 Å². The summed E-state index contributed by atoms with van der Waals surface area (Å²) in [5.41, 5.74) is 14.8. The van der Waals surface area contributed by atoms with Gasteiger partial charge in [-0.05, 0) is 66.6 Å². The van der Waals surface area contributed by atoms with Gasteiger partial charge in [-0.25, -0.2) is 9.97 Å². The second-order valence-electron chi connectivity index (χ2n) is 14.9. The van der Waals surface area contributed by atoms with Crippen molar-refractivity contribution >= 4 is 21.8 Å². The fourth-order valence-electron chi connectivity index (χ4n) is 8.35. The normalized spacial score (nSPS) is 11.1. The summed E-state index contributed by atoms with van der Waals surface area (Å²) in [4.78, 5) is 10.5. The highest BCUT2D eigenvalue weighted by Crippen LogP contribution is 2.45. The summed E-state index contributed by atoms with van der Waals surface area (Å²) in [7, 11) is 0. The summed E-state index contributed by atoms with van der Waals surface area (Å²) in [6.07, 6.45) is 0. The molecule has 5 heteroatoms. The van der Waals surface area contributed by atoms with Gasteiger partial charge in [-0.15, -0.1) is 0 Å². The van der Waals surface area contributed by atoms with E-state index >= 15 is 0 Å². The minimum absolute atomic E-state index is 0.526. The van der Waals surface area contributed by atoms with E-state index in [4.69, 9.17) is 9.97 Å². The van der Waals surface area contributed by atoms with E-state index in [0.717, 1.165) is 89.0 Å². The molecule has 10 rings (SSSR count). The van der Waals surface area contributed by atoms with Crippen LogP contribution in [0.5, 0.6) is 0 Å². The Morgan fingerprint density at radius 3 is 1.52 bits per heavy atom. The Balaban J connectivity index is 1.35. The second kappa shape index (κ2) is 15.2. The third-order valence-corrected chi connectivity index (χ3v) is 11.2. The van der Waals surface area contributed by atoms with Gasteiger partial charge in [-0.3, -0.25) is 0 Å². The van der Waals surface area contributed by atoms with E-state index in [2.05, 4.69) is 127 Å². The van der Waals surface area contributed by atoms with Crippen LogP contribution < -0.4 is 0 Å². The third kappa shape index (κ3) is 6.38. The van der Waals surface area contributed by atoms with Crippen molar-refractivity contribution in [2.24, 2.45) is 0 Å². The second-order valence-corrected chi connectivity index (χ2v) is 14.9. The van der Waals surface area contributed by atoms with Crippen molar-refractivity contribution in [3.63, 3.8) is 0 Å². The molecule has 2 heterocycles. The number of nitriles is 2. The molecule has 0 spiro atoms. The number of benzene rings is 8. The van der Waals surface area contributed by atoms with E-state index in [1.807, 2.05) is 91.0 Å². The van der Waals surface area contributed by atoms with Crippen molar-refractivity contribution in [1.82, 2.24) is 14.5 Å². The Labute approximate surface area is 348 Å². The highest BCUT2D eigenvalue weighted by atomic mass is 15.0. The lowest BCUT2D eigenvalue weighted by Gasteiger charge is -2.22. The number of para-hydroxylation sites is 1. The zero-order valence-corrected chi connectivity index (χ0v) is 32.7. The molecule has 0 N–H and O–H groups in total. The van der Waals surface area contributed by atoms with Crippen LogP contribution in [0, 0.1) is 29.6 Å². The number of aromatic nitrogens is 3. The number of rotatable bonds is 7. The molecular weight excluding hydrogens is 731 g/mol. The van der Waals surface area contributed by atoms with Crippen molar-refractivity contribution < 1.29 is 0 Å². The molecule has 0 aliphatic heterocycles. The first-order valence-corrected chi connectivity index (χ1v) is 19.9. The van der Waals surface area contributed by atoms with Gasteiger partial charge in [0.2, 0.25) is 0 Å². The lowest BCUT2D eigenvalue weighted by molar-refractivity contribution is 1.16. The first kappa shape index (κ1) is 36.0. The first-order chi connectivity index (χ1) is 29.6. The zero-order chi connectivity index (χ0) is 40.6. The molecule has 0 saturated carbocycles. The lowest BCUT2D eigenvalue weighted by atomic mass is 9.89. The molecule has 5 nitrogen and oxygen atoms in total. The Kier molecular flexibility index (Phi) is 9.10. The van der Waals surface area contributed by atoms with Gasteiger partial charge >= 0.3 is 0 Å².